The van der Waals surface area contributed by atoms with Crippen LogP contribution in [0.2, 0.25) is 0 Å². The third-order valence-electron chi connectivity index (χ3n) is 4.09. The Morgan fingerprint density at radius 3 is 1.81 bits per heavy atom. The normalized spacial score (nSPS) is 15.1. The fourth-order valence-corrected chi connectivity index (χ4v) is 2.22. The first-order chi connectivity index (χ1) is 9.88. The molecule has 0 unspecified atom stereocenters. The third kappa shape index (κ3) is 6.79. The molecule has 0 aliphatic rings. The maximum absolute atomic E-state index is 4.27. The second-order valence-corrected chi connectivity index (χ2v) is 5.70. The molecule has 0 heterocycles. The molecule has 0 aromatic heterocycles. The maximum Gasteiger partial charge on any atom is 0.0345 e. The molecule has 0 fully saturated rings. The average molecular weight is 290 g/mol. The van der Waals surface area contributed by atoms with Crippen LogP contribution in [0.3, 0.4) is 0 Å². The summed E-state index contributed by atoms with van der Waals surface area (Å²) in [6, 6.07) is 0. The lowest BCUT2D eigenvalue weighted by molar-refractivity contribution is 0.345. The van der Waals surface area contributed by atoms with E-state index in [0.717, 1.165) is 18.8 Å². The topological polar surface area (TPSA) is 15.6 Å². The molecule has 0 N–H and O–H groups in total. The molecular weight excluding hydrogens is 256 g/mol. The molecule has 0 radical (unpaired) electrons. The van der Waals surface area contributed by atoms with Crippen LogP contribution in [0.5, 0.6) is 0 Å². The zero-order chi connectivity index (χ0) is 16.4. The van der Waals surface area contributed by atoms with E-state index in [2.05, 4.69) is 70.5 Å². The number of allylic oxidation sites excluding steroid dienone is 6. The average Bonchev–Trinajstić information content (AvgIpc) is 2.49. The molecule has 2 nitrogen and oxygen atoms in total. The van der Waals surface area contributed by atoms with Crippen LogP contribution >= 0.6 is 0 Å². The summed E-state index contributed by atoms with van der Waals surface area (Å²) in [5.74, 6) is 0. The predicted octanol–water partition coefficient (Wildman–Crippen LogP) is 5.39. The standard InChI is InChI=1S/C19H34N2/c1-9-13-21(14-10-2)16(4)12-11-15(3)17(5)18(6)19(7)20-8/h11-12H,9-10,13-14H2,1-8H3/b15-11+,16-12+,18-17+,20-19?. The van der Waals surface area contributed by atoms with Gasteiger partial charge in [-0.25, -0.2) is 0 Å². The predicted molar refractivity (Wildman–Crippen MR) is 97.1 cm³/mol. The van der Waals surface area contributed by atoms with Gasteiger partial charge in [0.25, 0.3) is 0 Å². The van der Waals surface area contributed by atoms with Crippen LogP contribution in [0.15, 0.2) is 39.6 Å². The summed E-state index contributed by atoms with van der Waals surface area (Å²) in [6.07, 6.45) is 6.86. The van der Waals surface area contributed by atoms with Crippen LogP contribution < -0.4 is 0 Å². The Morgan fingerprint density at radius 2 is 1.38 bits per heavy atom. The summed E-state index contributed by atoms with van der Waals surface area (Å²) >= 11 is 0. The zero-order valence-corrected chi connectivity index (χ0v) is 15.4. The summed E-state index contributed by atoms with van der Waals surface area (Å²) in [7, 11) is 1.85. The highest BCUT2D eigenvalue weighted by Gasteiger charge is 2.04. The van der Waals surface area contributed by atoms with Crippen LogP contribution in [0.4, 0.5) is 0 Å². The van der Waals surface area contributed by atoms with Crippen molar-refractivity contribution < 1.29 is 0 Å². The van der Waals surface area contributed by atoms with E-state index in [9.17, 15) is 0 Å². The van der Waals surface area contributed by atoms with Gasteiger partial charge in [0.15, 0.2) is 0 Å². The second kappa shape index (κ2) is 10.4. The Labute approximate surface area is 132 Å². The van der Waals surface area contributed by atoms with E-state index in [1.165, 1.54) is 35.3 Å². The number of rotatable bonds is 8. The highest BCUT2D eigenvalue weighted by Crippen LogP contribution is 2.16. The van der Waals surface area contributed by atoms with Gasteiger partial charge in [0.05, 0.1) is 0 Å². The molecule has 0 aliphatic heterocycles. The lowest BCUT2D eigenvalue weighted by Gasteiger charge is -2.24. The molecule has 0 spiro atoms. The molecule has 0 atom stereocenters. The Morgan fingerprint density at radius 1 is 0.857 bits per heavy atom. The van der Waals surface area contributed by atoms with Gasteiger partial charge in [0, 0.05) is 31.5 Å². The monoisotopic (exact) mass is 290 g/mol. The molecule has 0 saturated carbocycles. The Bertz CT molecular complexity index is 430. The van der Waals surface area contributed by atoms with Gasteiger partial charge >= 0.3 is 0 Å². The van der Waals surface area contributed by atoms with Crippen LogP contribution in [0.25, 0.3) is 0 Å². The number of hydrogen-bond acceptors (Lipinski definition) is 2. The molecule has 21 heavy (non-hydrogen) atoms. The van der Waals surface area contributed by atoms with Crippen molar-refractivity contribution in [1.29, 1.82) is 0 Å². The quantitative estimate of drug-likeness (QED) is 0.432. The Kier molecular flexibility index (Phi) is 9.77. The van der Waals surface area contributed by atoms with Gasteiger partial charge in [-0.15, -0.1) is 0 Å². The van der Waals surface area contributed by atoms with E-state index in [1.54, 1.807) is 0 Å². The van der Waals surface area contributed by atoms with Gasteiger partial charge in [-0.3, -0.25) is 4.99 Å². The Balaban J connectivity index is 5.18. The molecule has 0 aromatic rings. The van der Waals surface area contributed by atoms with Crippen molar-refractivity contribution in [3.8, 4) is 0 Å². The first kappa shape index (κ1) is 19.7. The number of nitrogens with zero attached hydrogens (tertiary/aromatic N) is 2. The molecule has 0 amide bonds. The lowest BCUT2D eigenvalue weighted by atomic mass is 10.0. The highest BCUT2D eigenvalue weighted by molar-refractivity contribution is 5.98. The van der Waals surface area contributed by atoms with Crippen LogP contribution in [-0.2, 0) is 0 Å². The van der Waals surface area contributed by atoms with Crippen molar-refractivity contribution in [2.24, 2.45) is 4.99 Å². The molecule has 0 aliphatic carbocycles. The summed E-state index contributed by atoms with van der Waals surface area (Å²) in [5.41, 5.74) is 6.36. The van der Waals surface area contributed by atoms with Gasteiger partial charge < -0.3 is 4.90 Å². The van der Waals surface area contributed by atoms with Gasteiger partial charge in [0.2, 0.25) is 0 Å². The minimum Gasteiger partial charge on any atom is -0.375 e. The smallest absolute Gasteiger partial charge is 0.0345 e. The van der Waals surface area contributed by atoms with E-state index in [1.807, 2.05) is 7.05 Å². The Hall–Kier alpha value is -1.31. The summed E-state index contributed by atoms with van der Waals surface area (Å²) in [6.45, 7) is 17.5. The first-order valence-corrected chi connectivity index (χ1v) is 8.10. The molecule has 120 valence electrons. The fourth-order valence-electron chi connectivity index (χ4n) is 2.22. The van der Waals surface area contributed by atoms with E-state index in [4.69, 9.17) is 0 Å². The first-order valence-electron chi connectivity index (χ1n) is 8.10. The van der Waals surface area contributed by atoms with Gasteiger partial charge in [-0.1, -0.05) is 19.9 Å². The summed E-state index contributed by atoms with van der Waals surface area (Å²) in [4.78, 5) is 6.74. The SMILES string of the molecule is CCCN(CCC)/C(C)=C/C=C(C)/C(C)=C(\C)C(C)=NC. The maximum atomic E-state index is 4.27. The van der Waals surface area contributed by atoms with Crippen molar-refractivity contribution in [1.82, 2.24) is 4.90 Å². The summed E-state index contributed by atoms with van der Waals surface area (Å²) in [5, 5.41) is 0. The highest BCUT2D eigenvalue weighted by atomic mass is 15.1. The number of aliphatic imine (C=N–C) groups is 1. The zero-order valence-electron chi connectivity index (χ0n) is 15.4. The third-order valence-corrected chi connectivity index (χ3v) is 4.09. The largest absolute Gasteiger partial charge is 0.375 e. The van der Waals surface area contributed by atoms with Crippen molar-refractivity contribution in [3.05, 3.63) is 34.6 Å². The fraction of sp³-hybridized carbons (Fsp3) is 0.632. The minimum absolute atomic E-state index is 1.11. The van der Waals surface area contributed by atoms with E-state index in [-0.39, 0.29) is 0 Å². The van der Waals surface area contributed by atoms with Crippen molar-refractivity contribution in [2.45, 2.75) is 61.3 Å². The van der Waals surface area contributed by atoms with Crippen LogP contribution in [0, 0.1) is 0 Å². The minimum atomic E-state index is 1.11. The second-order valence-electron chi connectivity index (χ2n) is 5.70. The molecule has 0 aromatic carbocycles. The lowest BCUT2D eigenvalue weighted by Crippen LogP contribution is -2.23. The van der Waals surface area contributed by atoms with Gasteiger partial charge in [-0.2, -0.15) is 0 Å². The summed E-state index contributed by atoms with van der Waals surface area (Å²) < 4.78 is 0. The van der Waals surface area contributed by atoms with Gasteiger partial charge in [-0.05, 0) is 70.3 Å². The van der Waals surface area contributed by atoms with Crippen molar-refractivity contribution in [3.63, 3.8) is 0 Å². The molecule has 2 heteroatoms. The van der Waals surface area contributed by atoms with Crippen LogP contribution in [0.1, 0.15) is 61.3 Å². The van der Waals surface area contributed by atoms with E-state index in [0.29, 0.717) is 0 Å². The van der Waals surface area contributed by atoms with Crippen LogP contribution in [-0.4, -0.2) is 30.7 Å². The number of hydrogen-bond donors (Lipinski definition) is 0. The molecule has 0 rings (SSSR count). The van der Waals surface area contributed by atoms with Crippen molar-refractivity contribution >= 4 is 5.71 Å². The van der Waals surface area contributed by atoms with E-state index < -0.39 is 0 Å². The van der Waals surface area contributed by atoms with Gasteiger partial charge in [0.1, 0.15) is 0 Å². The van der Waals surface area contributed by atoms with Crippen molar-refractivity contribution in [2.75, 3.05) is 20.1 Å². The van der Waals surface area contributed by atoms with E-state index >= 15 is 0 Å². The molecule has 0 saturated heterocycles. The molecular formula is C19H34N2. The molecule has 0 bridgehead atoms.